The molecule has 1 aromatic heterocycles. The maximum atomic E-state index is 12.1. The van der Waals surface area contributed by atoms with E-state index in [1.807, 2.05) is 29.6 Å². The van der Waals surface area contributed by atoms with Crippen LogP contribution in [0.15, 0.2) is 35.7 Å². The lowest BCUT2D eigenvalue weighted by atomic mass is 10.1. The van der Waals surface area contributed by atoms with Gasteiger partial charge < -0.3 is 14.8 Å². The fourth-order valence-corrected chi connectivity index (χ4v) is 2.56. The van der Waals surface area contributed by atoms with Gasteiger partial charge in [-0.2, -0.15) is 0 Å². The monoisotopic (exact) mass is 275 g/mol. The molecule has 0 bridgehead atoms. The van der Waals surface area contributed by atoms with Gasteiger partial charge in [0.1, 0.15) is 18.8 Å². The van der Waals surface area contributed by atoms with Crippen LogP contribution in [0.5, 0.6) is 5.75 Å². The number of para-hydroxylation sites is 1. The molecule has 0 spiro atoms. The minimum absolute atomic E-state index is 0.299. The lowest BCUT2D eigenvalue weighted by Crippen LogP contribution is -2.20. The third kappa shape index (κ3) is 2.56. The highest BCUT2D eigenvalue weighted by Gasteiger charge is 2.20. The Morgan fingerprint density at radius 3 is 3.16 bits per heavy atom. The molecule has 0 radical (unpaired) electrons. The summed E-state index contributed by atoms with van der Waals surface area (Å²) in [6, 6.07) is 9.32. The number of hydrogen-bond acceptors (Lipinski definition) is 5. The first-order valence-electron chi connectivity index (χ1n) is 6.04. The lowest BCUT2D eigenvalue weighted by molar-refractivity contribution is 0.0472. The van der Waals surface area contributed by atoms with Crippen LogP contribution in [0.2, 0.25) is 0 Å². The zero-order valence-corrected chi connectivity index (χ0v) is 11.0. The fraction of sp³-hybridized carbons (Fsp3) is 0.214. The Bertz CT molecular complexity index is 580. The molecule has 0 fully saturated rings. The van der Waals surface area contributed by atoms with E-state index in [4.69, 9.17) is 9.47 Å². The Hall–Kier alpha value is -2.01. The molecule has 1 aliphatic rings. The Morgan fingerprint density at radius 2 is 2.32 bits per heavy atom. The van der Waals surface area contributed by atoms with Gasteiger partial charge in [0.25, 0.3) is 0 Å². The standard InChI is InChI=1S/C14H13NO3S/c16-14(18-9-10-3-2-8-19-10)11-4-1-5-12-13(11)17-7-6-15-12/h1-5,8,15H,6-7,9H2. The number of benzene rings is 1. The minimum atomic E-state index is -0.353. The smallest absolute Gasteiger partial charge is 0.342 e. The summed E-state index contributed by atoms with van der Waals surface area (Å²) >= 11 is 1.57. The topological polar surface area (TPSA) is 47.6 Å². The zero-order chi connectivity index (χ0) is 13.1. The van der Waals surface area contributed by atoms with Crippen molar-refractivity contribution in [2.75, 3.05) is 18.5 Å². The van der Waals surface area contributed by atoms with Crippen LogP contribution in [-0.4, -0.2) is 19.1 Å². The van der Waals surface area contributed by atoms with E-state index in [2.05, 4.69) is 5.32 Å². The van der Waals surface area contributed by atoms with Crippen LogP contribution >= 0.6 is 11.3 Å². The number of ether oxygens (including phenoxy) is 2. The molecule has 2 aromatic rings. The number of carbonyl (C=O) groups is 1. The molecule has 2 heterocycles. The summed E-state index contributed by atoms with van der Waals surface area (Å²) in [6.07, 6.45) is 0. The van der Waals surface area contributed by atoms with Gasteiger partial charge in [-0.25, -0.2) is 4.79 Å². The number of hydrogen-bond donors (Lipinski definition) is 1. The van der Waals surface area contributed by atoms with E-state index in [1.54, 1.807) is 17.4 Å². The average molecular weight is 275 g/mol. The van der Waals surface area contributed by atoms with Crippen molar-refractivity contribution in [1.82, 2.24) is 0 Å². The molecule has 0 saturated heterocycles. The number of rotatable bonds is 3. The van der Waals surface area contributed by atoms with Crippen molar-refractivity contribution in [3.05, 3.63) is 46.2 Å². The SMILES string of the molecule is O=C(OCc1cccs1)c1cccc2c1OCCN2. The molecule has 1 aromatic carbocycles. The molecule has 0 unspecified atom stereocenters. The molecule has 5 heteroatoms. The second-order valence-electron chi connectivity index (χ2n) is 4.11. The van der Waals surface area contributed by atoms with E-state index in [9.17, 15) is 4.79 Å². The molecule has 3 rings (SSSR count). The molecule has 4 nitrogen and oxygen atoms in total. The second kappa shape index (κ2) is 5.32. The van der Waals surface area contributed by atoms with Crippen molar-refractivity contribution in [3.63, 3.8) is 0 Å². The highest BCUT2D eigenvalue weighted by molar-refractivity contribution is 7.09. The number of thiophene rings is 1. The molecule has 0 amide bonds. The van der Waals surface area contributed by atoms with Gasteiger partial charge in [-0.3, -0.25) is 0 Å². The van der Waals surface area contributed by atoms with E-state index in [0.717, 1.165) is 17.1 Å². The van der Waals surface area contributed by atoms with E-state index in [0.29, 0.717) is 24.5 Å². The highest BCUT2D eigenvalue weighted by Crippen LogP contribution is 2.31. The molecule has 1 N–H and O–H groups in total. The fourth-order valence-electron chi connectivity index (χ4n) is 1.94. The minimum Gasteiger partial charge on any atom is -0.489 e. The molecule has 0 aliphatic carbocycles. The van der Waals surface area contributed by atoms with Gasteiger partial charge in [0.15, 0.2) is 5.75 Å². The van der Waals surface area contributed by atoms with E-state index >= 15 is 0 Å². The third-order valence-corrected chi connectivity index (χ3v) is 3.67. The van der Waals surface area contributed by atoms with Crippen LogP contribution in [0.4, 0.5) is 5.69 Å². The Kier molecular flexibility index (Phi) is 3.37. The first-order chi connectivity index (χ1) is 9.34. The molecule has 0 atom stereocenters. The number of nitrogens with one attached hydrogen (secondary N) is 1. The predicted octanol–water partition coefficient (Wildman–Crippen LogP) is 2.91. The number of esters is 1. The van der Waals surface area contributed by atoms with E-state index in [1.165, 1.54) is 0 Å². The van der Waals surface area contributed by atoms with Crippen molar-refractivity contribution in [3.8, 4) is 5.75 Å². The first-order valence-corrected chi connectivity index (χ1v) is 6.92. The maximum absolute atomic E-state index is 12.1. The summed E-state index contributed by atoms with van der Waals surface area (Å²) in [5.41, 5.74) is 1.32. The molecular formula is C14H13NO3S. The Labute approximate surface area is 115 Å². The van der Waals surface area contributed by atoms with Gasteiger partial charge in [-0.05, 0) is 23.6 Å². The Balaban J connectivity index is 1.76. The van der Waals surface area contributed by atoms with Crippen molar-refractivity contribution in [1.29, 1.82) is 0 Å². The van der Waals surface area contributed by atoms with Crippen molar-refractivity contribution in [2.24, 2.45) is 0 Å². The van der Waals surface area contributed by atoms with Crippen LogP contribution in [0.25, 0.3) is 0 Å². The van der Waals surface area contributed by atoms with Crippen LogP contribution in [-0.2, 0) is 11.3 Å². The normalized spacial score (nSPS) is 13.1. The summed E-state index contributed by atoms with van der Waals surface area (Å²) in [6.45, 7) is 1.61. The van der Waals surface area contributed by atoms with Gasteiger partial charge in [0.05, 0.1) is 5.69 Å². The number of carbonyl (C=O) groups excluding carboxylic acids is 1. The Morgan fingerprint density at radius 1 is 1.37 bits per heavy atom. The van der Waals surface area contributed by atoms with Crippen LogP contribution < -0.4 is 10.1 Å². The van der Waals surface area contributed by atoms with Gasteiger partial charge in [0, 0.05) is 11.4 Å². The molecular weight excluding hydrogens is 262 g/mol. The van der Waals surface area contributed by atoms with E-state index < -0.39 is 0 Å². The summed E-state index contributed by atoms with van der Waals surface area (Å²) in [4.78, 5) is 13.1. The number of fused-ring (bicyclic) bond motifs is 1. The van der Waals surface area contributed by atoms with Gasteiger partial charge in [-0.15, -0.1) is 11.3 Å². The van der Waals surface area contributed by atoms with Crippen LogP contribution in [0, 0.1) is 0 Å². The second-order valence-corrected chi connectivity index (χ2v) is 5.15. The lowest BCUT2D eigenvalue weighted by Gasteiger charge is -2.20. The highest BCUT2D eigenvalue weighted by atomic mass is 32.1. The van der Waals surface area contributed by atoms with Crippen molar-refractivity contribution < 1.29 is 14.3 Å². The largest absolute Gasteiger partial charge is 0.489 e. The summed E-state index contributed by atoms with van der Waals surface area (Å²) in [5.74, 6) is 0.235. The summed E-state index contributed by atoms with van der Waals surface area (Å²) < 4.78 is 10.9. The van der Waals surface area contributed by atoms with Gasteiger partial charge in [-0.1, -0.05) is 12.1 Å². The van der Waals surface area contributed by atoms with Crippen LogP contribution in [0.3, 0.4) is 0 Å². The predicted molar refractivity (Wildman–Crippen MR) is 73.9 cm³/mol. The van der Waals surface area contributed by atoms with Crippen molar-refractivity contribution in [2.45, 2.75) is 6.61 Å². The first kappa shape index (κ1) is 12.0. The average Bonchev–Trinajstić information content (AvgIpc) is 2.97. The quantitative estimate of drug-likeness (QED) is 0.875. The third-order valence-electron chi connectivity index (χ3n) is 2.82. The summed E-state index contributed by atoms with van der Waals surface area (Å²) in [5, 5.41) is 5.16. The van der Waals surface area contributed by atoms with Crippen molar-refractivity contribution >= 4 is 23.0 Å². The zero-order valence-electron chi connectivity index (χ0n) is 10.2. The summed E-state index contributed by atoms with van der Waals surface area (Å²) in [7, 11) is 0. The maximum Gasteiger partial charge on any atom is 0.342 e. The molecule has 1 aliphatic heterocycles. The molecule has 0 saturated carbocycles. The van der Waals surface area contributed by atoms with Crippen LogP contribution in [0.1, 0.15) is 15.2 Å². The number of anilines is 1. The van der Waals surface area contributed by atoms with E-state index in [-0.39, 0.29) is 5.97 Å². The van der Waals surface area contributed by atoms with Gasteiger partial charge >= 0.3 is 5.97 Å². The molecule has 19 heavy (non-hydrogen) atoms. The van der Waals surface area contributed by atoms with Gasteiger partial charge in [0.2, 0.25) is 0 Å². The molecule has 98 valence electrons.